The molecule has 0 atom stereocenters. The third-order valence-electron chi connectivity index (χ3n) is 3.04. The van der Waals surface area contributed by atoms with Crippen LogP contribution < -0.4 is 5.32 Å². The molecule has 0 saturated carbocycles. The van der Waals surface area contributed by atoms with E-state index in [0.717, 1.165) is 17.8 Å². The first-order valence-corrected chi connectivity index (χ1v) is 6.75. The topological polar surface area (TPSA) is 58.4 Å². The maximum absolute atomic E-state index is 10.8. The zero-order chi connectivity index (χ0) is 15.2. The molecule has 2 rings (SSSR count). The van der Waals surface area contributed by atoms with E-state index in [2.05, 4.69) is 22.3 Å². The van der Waals surface area contributed by atoms with Crippen LogP contribution in [0.5, 0.6) is 0 Å². The number of benzene rings is 2. The molecule has 0 aromatic heterocycles. The van der Waals surface area contributed by atoms with Crippen molar-refractivity contribution in [3.8, 4) is 0 Å². The maximum Gasteiger partial charge on any atom is 0.269 e. The highest BCUT2D eigenvalue weighted by molar-refractivity contribution is 5.47. The first-order chi connectivity index (χ1) is 10.0. The van der Waals surface area contributed by atoms with Gasteiger partial charge in [0.25, 0.3) is 5.69 Å². The minimum absolute atomic E-state index is 0.121. The molecule has 0 spiro atoms. The summed E-state index contributed by atoms with van der Waals surface area (Å²) >= 11 is 0. The first kappa shape index (κ1) is 15.0. The summed E-state index contributed by atoms with van der Waals surface area (Å²) in [7, 11) is 4.06. The maximum atomic E-state index is 10.8. The molecule has 2 aromatic carbocycles. The Hall–Kier alpha value is -2.40. The molecular weight excluding hydrogens is 266 g/mol. The fourth-order valence-electron chi connectivity index (χ4n) is 2.13. The number of nitro benzene ring substituents is 1. The average Bonchev–Trinajstić information content (AvgIpc) is 2.45. The molecule has 0 saturated heterocycles. The van der Waals surface area contributed by atoms with Crippen LogP contribution in [0.3, 0.4) is 0 Å². The fraction of sp³-hybridized carbons (Fsp3) is 0.250. The highest BCUT2D eigenvalue weighted by Gasteiger charge is 2.05. The monoisotopic (exact) mass is 285 g/mol. The van der Waals surface area contributed by atoms with Crippen LogP contribution in [0.1, 0.15) is 11.1 Å². The van der Waals surface area contributed by atoms with Gasteiger partial charge < -0.3 is 10.2 Å². The minimum Gasteiger partial charge on any atom is -0.381 e. The molecule has 0 aliphatic carbocycles. The van der Waals surface area contributed by atoms with Crippen molar-refractivity contribution in [1.82, 2.24) is 4.90 Å². The van der Waals surface area contributed by atoms with Gasteiger partial charge in [0.2, 0.25) is 0 Å². The molecule has 0 radical (unpaired) electrons. The predicted molar refractivity (Wildman–Crippen MR) is 84.3 cm³/mol. The molecular formula is C16H19N3O2. The summed E-state index contributed by atoms with van der Waals surface area (Å²) < 4.78 is 0. The van der Waals surface area contributed by atoms with Gasteiger partial charge in [-0.3, -0.25) is 10.1 Å². The lowest BCUT2D eigenvalue weighted by molar-refractivity contribution is -0.384. The van der Waals surface area contributed by atoms with Crippen molar-refractivity contribution in [3.05, 3.63) is 69.8 Å². The number of nitrogens with zero attached hydrogens (tertiary/aromatic N) is 2. The van der Waals surface area contributed by atoms with Gasteiger partial charge in [-0.2, -0.15) is 0 Å². The van der Waals surface area contributed by atoms with Gasteiger partial charge in [-0.15, -0.1) is 0 Å². The lowest BCUT2D eigenvalue weighted by Crippen LogP contribution is -2.10. The van der Waals surface area contributed by atoms with Gasteiger partial charge in [0.15, 0.2) is 0 Å². The van der Waals surface area contributed by atoms with Crippen molar-refractivity contribution in [1.29, 1.82) is 0 Å². The molecule has 0 aliphatic heterocycles. The summed E-state index contributed by atoms with van der Waals surface area (Å²) in [6, 6.07) is 14.9. The molecule has 0 aliphatic rings. The third-order valence-corrected chi connectivity index (χ3v) is 3.04. The van der Waals surface area contributed by atoms with E-state index in [1.807, 2.05) is 32.3 Å². The van der Waals surface area contributed by atoms with Gasteiger partial charge in [0.1, 0.15) is 0 Å². The Morgan fingerprint density at radius 2 is 1.81 bits per heavy atom. The number of nitro groups is 1. The standard InChI is InChI=1S/C16H19N3O2/c1-18(2)12-14-6-3-7-15(9-14)17-11-13-5-4-8-16(10-13)19(20)21/h3-10,17H,11-12H2,1-2H3. The summed E-state index contributed by atoms with van der Waals surface area (Å²) in [5, 5.41) is 14.1. The van der Waals surface area contributed by atoms with Crippen LogP contribution in [-0.2, 0) is 13.1 Å². The normalized spacial score (nSPS) is 10.6. The smallest absolute Gasteiger partial charge is 0.269 e. The van der Waals surface area contributed by atoms with Crippen LogP contribution in [0, 0.1) is 10.1 Å². The minimum atomic E-state index is -0.374. The molecule has 2 aromatic rings. The van der Waals surface area contributed by atoms with E-state index < -0.39 is 0 Å². The molecule has 0 bridgehead atoms. The Morgan fingerprint density at radius 3 is 2.52 bits per heavy atom. The van der Waals surface area contributed by atoms with Gasteiger partial charge in [0, 0.05) is 30.9 Å². The van der Waals surface area contributed by atoms with Crippen molar-refractivity contribution in [3.63, 3.8) is 0 Å². The molecule has 1 N–H and O–H groups in total. The van der Waals surface area contributed by atoms with Crippen LogP contribution in [-0.4, -0.2) is 23.9 Å². The lowest BCUT2D eigenvalue weighted by atomic mass is 10.1. The Labute approximate surface area is 124 Å². The van der Waals surface area contributed by atoms with Crippen molar-refractivity contribution in [2.75, 3.05) is 19.4 Å². The summed E-state index contributed by atoms with van der Waals surface area (Å²) in [5.41, 5.74) is 3.25. The van der Waals surface area contributed by atoms with Gasteiger partial charge in [-0.25, -0.2) is 0 Å². The second-order valence-electron chi connectivity index (χ2n) is 5.22. The number of nitrogens with one attached hydrogen (secondary N) is 1. The van der Waals surface area contributed by atoms with Crippen LogP contribution in [0.4, 0.5) is 11.4 Å². The van der Waals surface area contributed by atoms with Crippen molar-refractivity contribution in [2.45, 2.75) is 13.1 Å². The van der Waals surface area contributed by atoms with Gasteiger partial charge >= 0.3 is 0 Å². The van der Waals surface area contributed by atoms with E-state index in [4.69, 9.17) is 0 Å². The van der Waals surface area contributed by atoms with E-state index in [-0.39, 0.29) is 10.6 Å². The van der Waals surface area contributed by atoms with E-state index in [9.17, 15) is 10.1 Å². The number of hydrogen-bond acceptors (Lipinski definition) is 4. The first-order valence-electron chi connectivity index (χ1n) is 6.75. The van der Waals surface area contributed by atoms with Gasteiger partial charge in [-0.05, 0) is 37.4 Å². The highest BCUT2D eigenvalue weighted by Crippen LogP contribution is 2.16. The summed E-state index contributed by atoms with van der Waals surface area (Å²) in [6.07, 6.45) is 0. The molecule has 21 heavy (non-hydrogen) atoms. The van der Waals surface area contributed by atoms with Crippen LogP contribution in [0.25, 0.3) is 0 Å². The van der Waals surface area contributed by atoms with Crippen LogP contribution >= 0.6 is 0 Å². The molecule has 5 heteroatoms. The van der Waals surface area contributed by atoms with Crippen LogP contribution in [0.2, 0.25) is 0 Å². The summed E-state index contributed by atoms with van der Waals surface area (Å²) in [6.45, 7) is 1.44. The number of hydrogen-bond donors (Lipinski definition) is 1. The molecule has 5 nitrogen and oxygen atoms in total. The average molecular weight is 285 g/mol. The van der Waals surface area contributed by atoms with E-state index >= 15 is 0 Å². The highest BCUT2D eigenvalue weighted by atomic mass is 16.6. The van der Waals surface area contributed by atoms with Gasteiger partial charge in [0.05, 0.1) is 4.92 Å². The Balaban J connectivity index is 2.02. The third kappa shape index (κ3) is 4.57. The zero-order valence-corrected chi connectivity index (χ0v) is 12.2. The fourth-order valence-corrected chi connectivity index (χ4v) is 2.13. The zero-order valence-electron chi connectivity index (χ0n) is 12.2. The molecule has 0 amide bonds. The summed E-state index contributed by atoms with van der Waals surface area (Å²) in [4.78, 5) is 12.5. The Kier molecular flexibility index (Phi) is 4.90. The molecule has 0 fully saturated rings. The SMILES string of the molecule is CN(C)Cc1cccc(NCc2cccc([N+](=O)[O-])c2)c1. The second kappa shape index (κ2) is 6.85. The van der Waals surface area contributed by atoms with E-state index in [0.29, 0.717) is 6.54 Å². The largest absolute Gasteiger partial charge is 0.381 e. The van der Waals surface area contributed by atoms with Crippen molar-refractivity contribution >= 4 is 11.4 Å². The van der Waals surface area contributed by atoms with E-state index in [1.165, 1.54) is 11.6 Å². The Bertz CT molecular complexity index is 626. The molecule has 0 heterocycles. The summed E-state index contributed by atoms with van der Waals surface area (Å²) in [5.74, 6) is 0. The Morgan fingerprint density at radius 1 is 1.10 bits per heavy atom. The number of rotatable bonds is 6. The van der Waals surface area contributed by atoms with Crippen molar-refractivity contribution < 1.29 is 4.92 Å². The lowest BCUT2D eigenvalue weighted by Gasteiger charge is -2.12. The van der Waals surface area contributed by atoms with Crippen LogP contribution in [0.15, 0.2) is 48.5 Å². The molecule has 110 valence electrons. The van der Waals surface area contributed by atoms with Gasteiger partial charge in [-0.1, -0.05) is 24.3 Å². The number of non-ortho nitro benzene ring substituents is 1. The number of anilines is 1. The molecule has 0 unspecified atom stereocenters. The predicted octanol–water partition coefficient (Wildman–Crippen LogP) is 3.27. The second-order valence-corrected chi connectivity index (χ2v) is 5.22. The quantitative estimate of drug-likeness (QED) is 0.653. The van der Waals surface area contributed by atoms with Crippen molar-refractivity contribution in [2.24, 2.45) is 0 Å². The van der Waals surface area contributed by atoms with E-state index in [1.54, 1.807) is 12.1 Å².